The van der Waals surface area contributed by atoms with Crippen LogP contribution in [0.1, 0.15) is 32.0 Å². The molecule has 1 aliphatic carbocycles. The molecule has 2 atom stereocenters. The van der Waals surface area contributed by atoms with Crippen LogP contribution in [0.3, 0.4) is 0 Å². The first-order chi connectivity index (χ1) is 10.7. The Kier molecular flexibility index (Phi) is 4.93. The number of amides is 1. The molecule has 1 saturated heterocycles. The van der Waals surface area contributed by atoms with Gasteiger partial charge < -0.3 is 15.5 Å². The molecule has 2 N–H and O–H groups in total. The van der Waals surface area contributed by atoms with Gasteiger partial charge in [-0.1, -0.05) is 13.3 Å². The van der Waals surface area contributed by atoms with E-state index in [9.17, 15) is 4.79 Å². The fourth-order valence-electron chi connectivity index (χ4n) is 3.51. The number of nitrogens with zero attached hydrogens (tertiary/aromatic N) is 4. The zero-order valence-electron chi connectivity index (χ0n) is 13.2. The highest BCUT2D eigenvalue weighted by molar-refractivity contribution is 7.09. The Morgan fingerprint density at radius 2 is 2.09 bits per heavy atom. The third-order valence-electron chi connectivity index (χ3n) is 4.91. The van der Waals surface area contributed by atoms with E-state index in [1.165, 1.54) is 11.5 Å². The lowest BCUT2D eigenvalue weighted by atomic mass is 9.94. The molecule has 2 fully saturated rings. The summed E-state index contributed by atoms with van der Waals surface area (Å²) >= 11 is 1.46. The second-order valence-electron chi connectivity index (χ2n) is 6.19. The van der Waals surface area contributed by atoms with Crippen LogP contribution in [0.4, 0.5) is 5.13 Å². The molecule has 2 heterocycles. The Bertz CT molecular complexity index is 512. The van der Waals surface area contributed by atoms with E-state index in [1.54, 1.807) is 0 Å². The maximum Gasteiger partial charge on any atom is 0.226 e. The second-order valence-corrected chi connectivity index (χ2v) is 6.92. The molecule has 3 rings (SSSR count). The van der Waals surface area contributed by atoms with E-state index in [2.05, 4.69) is 21.2 Å². The van der Waals surface area contributed by atoms with Crippen molar-refractivity contribution in [3.05, 3.63) is 5.82 Å². The van der Waals surface area contributed by atoms with Crippen LogP contribution in [0.2, 0.25) is 0 Å². The predicted molar refractivity (Wildman–Crippen MR) is 88.0 cm³/mol. The molecule has 1 aromatic heterocycles. The molecule has 6 nitrogen and oxygen atoms in total. The maximum atomic E-state index is 12.7. The lowest BCUT2D eigenvalue weighted by Gasteiger charge is -2.36. The highest BCUT2D eigenvalue weighted by Gasteiger charge is 2.35. The van der Waals surface area contributed by atoms with Crippen molar-refractivity contribution in [3.8, 4) is 0 Å². The number of anilines is 1. The molecule has 0 aromatic carbocycles. The smallest absolute Gasteiger partial charge is 0.226 e. The normalized spacial score (nSPS) is 25.7. The van der Waals surface area contributed by atoms with Crippen molar-refractivity contribution in [3.63, 3.8) is 0 Å². The SMILES string of the molecule is CCc1nsc(N2CCN(C(=O)[C@@H]3CCC[C@@H]3CN)CC2)n1. The topological polar surface area (TPSA) is 75.4 Å². The fraction of sp³-hybridized carbons (Fsp3) is 0.800. The summed E-state index contributed by atoms with van der Waals surface area (Å²) in [6, 6.07) is 0. The van der Waals surface area contributed by atoms with Crippen molar-refractivity contribution in [1.82, 2.24) is 14.3 Å². The molecule has 1 aliphatic heterocycles. The number of carbonyl (C=O) groups is 1. The van der Waals surface area contributed by atoms with E-state index >= 15 is 0 Å². The van der Waals surface area contributed by atoms with E-state index in [1.807, 2.05) is 4.90 Å². The fourth-order valence-corrected chi connectivity index (χ4v) is 4.31. The summed E-state index contributed by atoms with van der Waals surface area (Å²) in [5.74, 6) is 1.78. The van der Waals surface area contributed by atoms with Crippen molar-refractivity contribution < 1.29 is 4.79 Å². The molecule has 0 unspecified atom stereocenters. The van der Waals surface area contributed by atoms with Gasteiger partial charge in [-0.05, 0) is 25.3 Å². The minimum Gasteiger partial charge on any atom is -0.343 e. The van der Waals surface area contributed by atoms with E-state index in [-0.39, 0.29) is 5.92 Å². The van der Waals surface area contributed by atoms with Gasteiger partial charge in [-0.25, -0.2) is 4.98 Å². The van der Waals surface area contributed by atoms with Gasteiger partial charge in [-0.2, -0.15) is 4.37 Å². The second kappa shape index (κ2) is 6.91. The zero-order chi connectivity index (χ0) is 15.5. The third-order valence-corrected chi connectivity index (χ3v) is 5.73. The summed E-state index contributed by atoms with van der Waals surface area (Å²) in [4.78, 5) is 21.5. The van der Waals surface area contributed by atoms with E-state index in [0.29, 0.717) is 18.4 Å². The molecule has 22 heavy (non-hydrogen) atoms. The van der Waals surface area contributed by atoms with Crippen LogP contribution >= 0.6 is 11.5 Å². The van der Waals surface area contributed by atoms with Gasteiger partial charge in [0.2, 0.25) is 11.0 Å². The minimum absolute atomic E-state index is 0.157. The molecular weight excluding hydrogens is 298 g/mol. The average molecular weight is 323 g/mol. The molecule has 1 amide bonds. The summed E-state index contributed by atoms with van der Waals surface area (Å²) in [5, 5.41) is 0.990. The number of aryl methyl sites for hydroxylation is 1. The Morgan fingerprint density at radius 1 is 1.32 bits per heavy atom. The molecular formula is C15H25N5OS. The number of carbonyl (C=O) groups excluding carboxylic acids is 1. The van der Waals surface area contributed by atoms with E-state index in [0.717, 1.165) is 62.8 Å². The van der Waals surface area contributed by atoms with Gasteiger partial charge in [-0.15, -0.1) is 0 Å². The lowest BCUT2D eigenvalue weighted by molar-refractivity contribution is -0.136. The molecule has 1 saturated carbocycles. The number of hydrogen-bond donors (Lipinski definition) is 1. The highest BCUT2D eigenvalue weighted by Crippen LogP contribution is 2.32. The average Bonchev–Trinajstić information content (AvgIpc) is 3.23. The van der Waals surface area contributed by atoms with Crippen molar-refractivity contribution >= 4 is 22.6 Å². The predicted octanol–water partition coefficient (Wildman–Crippen LogP) is 1.12. The number of rotatable bonds is 4. The summed E-state index contributed by atoms with van der Waals surface area (Å²) < 4.78 is 4.34. The Morgan fingerprint density at radius 3 is 2.73 bits per heavy atom. The van der Waals surface area contributed by atoms with Crippen LogP contribution in [-0.4, -0.2) is 52.9 Å². The van der Waals surface area contributed by atoms with Crippen LogP contribution < -0.4 is 10.6 Å². The van der Waals surface area contributed by atoms with Gasteiger partial charge in [0, 0.05) is 50.1 Å². The molecule has 7 heteroatoms. The number of aromatic nitrogens is 2. The Labute approximate surface area is 135 Å². The first kappa shape index (κ1) is 15.7. The highest BCUT2D eigenvalue weighted by atomic mass is 32.1. The van der Waals surface area contributed by atoms with Gasteiger partial charge >= 0.3 is 0 Å². The van der Waals surface area contributed by atoms with E-state index in [4.69, 9.17) is 5.73 Å². The first-order valence-corrected chi connectivity index (χ1v) is 9.06. The Balaban J connectivity index is 1.56. The zero-order valence-corrected chi connectivity index (χ0v) is 14.0. The number of hydrogen-bond acceptors (Lipinski definition) is 6. The summed E-state index contributed by atoms with van der Waals surface area (Å²) in [6.45, 7) is 5.98. The monoisotopic (exact) mass is 323 g/mol. The van der Waals surface area contributed by atoms with Crippen LogP contribution in [0.15, 0.2) is 0 Å². The quantitative estimate of drug-likeness (QED) is 0.899. The first-order valence-electron chi connectivity index (χ1n) is 8.29. The van der Waals surface area contributed by atoms with Crippen molar-refractivity contribution in [2.24, 2.45) is 17.6 Å². The Hall–Kier alpha value is -1.21. The van der Waals surface area contributed by atoms with Crippen LogP contribution in [-0.2, 0) is 11.2 Å². The molecule has 0 bridgehead atoms. The van der Waals surface area contributed by atoms with Gasteiger partial charge in [0.1, 0.15) is 5.82 Å². The minimum atomic E-state index is 0.157. The maximum absolute atomic E-state index is 12.7. The van der Waals surface area contributed by atoms with Gasteiger partial charge in [-0.3, -0.25) is 4.79 Å². The summed E-state index contributed by atoms with van der Waals surface area (Å²) in [6.07, 6.45) is 4.13. The van der Waals surface area contributed by atoms with Crippen LogP contribution in [0.25, 0.3) is 0 Å². The third kappa shape index (κ3) is 3.10. The molecule has 0 radical (unpaired) electrons. The summed E-state index contributed by atoms with van der Waals surface area (Å²) in [7, 11) is 0. The molecule has 2 aliphatic rings. The molecule has 122 valence electrons. The van der Waals surface area contributed by atoms with E-state index < -0.39 is 0 Å². The standard InChI is InChI=1S/C15H25N5OS/c1-2-13-17-15(22-18-13)20-8-6-19(7-9-20)14(21)12-5-3-4-11(12)10-16/h11-12H,2-10,16H2,1H3/t11-,12-/m1/s1. The molecule has 1 aromatic rings. The van der Waals surface area contributed by atoms with Gasteiger partial charge in [0.15, 0.2) is 0 Å². The van der Waals surface area contributed by atoms with Gasteiger partial charge in [0.05, 0.1) is 0 Å². The summed E-state index contributed by atoms with van der Waals surface area (Å²) in [5.41, 5.74) is 5.81. The molecule has 0 spiro atoms. The van der Waals surface area contributed by atoms with Gasteiger partial charge in [0.25, 0.3) is 0 Å². The largest absolute Gasteiger partial charge is 0.343 e. The lowest BCUT2D eigenvalue weighted by Crippen LogP contribution is -2.51. The van der Waals surface area contributed by atoms with Crippen LogP contribution in [0, 0.1) is 11.8 Å². The van der Waals surface area contributed by atoms with Crippen molar-refractivity contribution in [1.29, 1.82) is 0 Å². The number of nitrogens with two attached hydrogens (primary N) is 1. The van der Waals surface area contributed by atoms with Crippen molar-refractivity contribution in [2.45, 2.75) is 32.6 Å². The number of piperazine rings is 1. The van der Waals surface area contributed by atoms with Crippen LogP contribution in [0.5, 0.6) is 0 Å². The van der Waals surface area contributed by atoms with Crippen molar-refractivity contribution in [2.75, 3.05) is 37.6 Å².